The third kappa shape index (κ3) is 4.21. The first-order valence-electron chi connectivity index (χ1n) is 5.31. The number of rotatable bonds is 5. The first-order chi connectivity index (χ1) is 8.50. The molecule has 0 spiro atoms. The number of hydrogen-bond donors (Lipinski definition) is 2. The lowest BCUT2D eigenvalue weighted by Gasteiger charge is -2.05. The zero-order valence-electron chi connectivity index (χ0n) is 9.79. The summed E-state index contributed by atoms with van der Waals surface area (Å²) in [5.74, 6) is -2.06. The maximum absolute atomic E-state index is 11.6. The Labute approximate surface area is 104 Å². The van der Waals surface area contributed by atoms with Crippen molar-refractivity contribution in [2.75, 3.05) is 0 Å². The smallest absolute Gasteiger partial charge is 0.325 e. The van der Waals surface area contributed by atoms with Gasteiger partial charge in [-0.2, -0.15) is 0 Å². The normalized spacial score (nSPS) is 12.1. The van der Waals surface area contributed by atoms with E-state index in [1.807, 2.05) is 0 Å². The molecular weight excluding hydrogens is 234 g/mol. The summed E-state index contributed by atoms with van der Waals surface area (Å²) >= 11 is 0. The molecule has 0 aliphatic rings. The Bertz CT molecular complexity index is 479. The number of carboxylic acids is 1. The van der Waals surface area contributed by atoms with Crippen molar-refractivity contribution < 1.29 is 19.5 Å². The van der Waals surface area contributed by atoms with Crippen LogP contribution in [0, 0.1) is 0 Å². The van der Waals surface area contributed by atoms with E-state index >= 15 is 0 Å². The fraction of sp³-hybridized carbons (Fsp3) is 0.154. The van der Waals surface area contributed by atoms with E-state index in [4.69, 9.17) is 5.11 Å². The molecule has 0 saturated carbocycles. The lowest BCUT2D eigenvalue weighted by Crippen LogP contribution is -2.37. The standard InChI is InChI=1S/C13H13NO4/c1-9(13(17)18)14-12(16)8-7-11(15)10-5-3-2-4-6-10/h2-9H,1H3,(H,14,16)(H,17,18)/b8-7+/t9-/m0/s1. The molecule has 0 fully saturated rings. The first-order valence-corrected chi connectivity index (χ1v) is 5.31. The van der Waals surface area contributed by atoms with Crippen molar-refractivity contribution in [3.8, 4) is 0 Å². The Kier molecular flexibility index (Phi) is 4.80. The van der Waals surface area contributed by atoms with Crippen LogP contribution in [0.4, 0.5) is 0 Å². The molecule has 1 rings (SSSR count). The molecule has 1 aromatic rings. The average Bonchev–Trinajstić information content (AvgIpc) is 2.36. The summed E-state index contributed by atoms with van der Waals surface area (Å²) in [5.41, 5.74) is 0.466. The highest BCUT2D eigenvalue weighted by molar-refractivity contribution is 6.07. The van der Waals surface area contributed by atoms with Crippen LogP contribution in [0.2, 0.25) is 0 Å². The lowest BCUT2D eigenvalue weighted by molar-refractivity contribution is -0.140. The van der Waals surface area contributed by atoms with Gasteiger partial charge >= 0.3 is 5.97 Å². The minimum Gasteiger partial charge on any atom is -0.480 e. The summed E-state index contributed by atoms with van der Waals surface area (Å²) < 4.78 is 0. The van der Waals surface area contributed by atoms with Gasteiger partial charge in [-0.15, -0.1) is 0 Å². The van der Waals surface area contributed by atoms with Gasteiger partial charge < -0.3 is 10.4 Å². The predicted octanol–water partition coefficient (Wildman–Crippen LogP) is 1.01. The molecule has 0 unspecified atom stereocenters. The number of hydrogen-bond acceptors (Lipinski definition) is 3. The van der Waals surface area contributed by atoms with Gasteiger partial charge in [-0.1, -0.05) is 30.3 Å². The summed E-state index contributed by atoms with van der Waals surface area (Å²) in [6, 6.07) is 7.48. The molecule has 1 amide bonds. The molecule has 5 heteroatoms. The van der Waals surface area contributed by atoms with E-state index in [1.54, 1.807) is 30.3 Å². The van der Waals surface area contributed by atoms with Gasteiger partial charge in [0.1, 0.15) is 6.04 Å². The molecule has 0 radical (unpaired) electrons. The number of benzene rings is 1. The molecule has 1 aromatic carbocycles. The van der Waals surface area contributed by atoms with E-state index in [2.05, 4.69) is 5.32 Å². The molecule has 1 atom stereocenters. The Balaban J connectivity index is 2.57. The number of allylic oxidation sites excluding steroid dienone is 1. The number of amides is 1. The molecule has 0 bridgehead atoms. The molecule has 0 aromatic heterocycles. The van der Waals surface area contributed by atoms with Gasteiger partial charge in [0.25, 0.3) is 0 Å². The number of aliphatic carboxylic acids is 1. The van der Waals surface area contributed by atoms with Crippen molar-refractivity contribution >= 4 is 17.7 Å². The number of carbonyl (C=O) groups is 3. The molecule has 0 saturated heterocycles. The molecule has 18 heavy (non-hydrogen) atoms. The third-order valence-electron chi connectivity index (χ3n) is 2.17. The Morgan fingerprint density at radius 2 is 1.78 bits per heavy atom. The molecule has 0 heterocycles. The van der Waals surface area contributed by atoms with Crippen LogP contribution in [0.5, 0.6) is 0 Å². The van der Waals surface area contributed by atoms with E-state index in [-0.39, 0.29) is 5.78 Å². The van der Waals surface area contributed by atoms with Crippen molar-refractivity contribution in [2.24, 2.45) is 0 Å². The number of ketones is 1. The van der Waals surface area contributed by atoms with Crippen LogP contribution in [0.1, 0.15) is 17.3 Å². The summed E-state index contributed by atoms with van der Waals surface area (Å²) in [6.07, 6.45) is 2.13. The zero-order chi connectivity index (χ0) is 13.5. The van der Waals surface area contributed by atoms with E-state index in [1.165, 1.54) is 6.92 Å². The minimum absolute atomic E-state index is 0.311. The lowest BCUT2D eigenvalue weighted by atomic mass is 10.1. The minimum atomic E-state index is -1.13. The fourth-order valence-electron chi connectivity index (χ4n) is 1.17. The maximum Gasteiger partial charge on any atom is 0.325 e. The molecule has 0 aliphatic heterocycles. The van der Waals surface area contributed by atoms with Gasteiger partial charge in [0, 0.05) is 11.6 Å². The largest absolute Gasteiger partial charge is 0.480 e. The second kappa shape index (κ2) is 6.34. The highest BCUT2D eigenvalue weighted by Gasteiger charge is 2.12. The van der Waals surface area contributed by atoms with Gasteiger partial charge in [0.2, 0.25) is 5.91 Å². The van der Waals surface area contributed by atoms with Gasteiger partial charge in [0.15, 0.2) is 5.78 Å². The van der Waals surface area contributed by atoms with Crippen LogP contribution < -0.4 is 5.32 Å². The number of nitrogens with one attached hydrogen (secondary N) is 1. The second-order valence-electron chi connectivity index (χ2n) is 3.63. The van der Waals surface area contributed by atoms with Crippen LogP contribution in [0.15, 0.2) is 42.5 Å². The molecule has 94 valence electrons. The second-order valence-corrected chi connectivity index (χ2v) is 3.63. The fourth-order valence-corrected chi connectivity index (χ4v) is 1.17. The van der Waals surface area contributed by atoms with Gasteiger partial charge in [0.05, 0.1) is 0 Å². The Morgan fingerprint density at radius 1 is 1.17 bits per heavy atom. The highest BCUT2D eigenvalue weighted by Crippen LogP contribution is 2.00. The highest BCUT2D eigenvalue weighted by atomic mass is 16.4. The monoisotopic (exact) mass is 247 g/mol. The van der Waals surface area contributed by atoms with Crippen molar-refractivity contribution in [1.29, 1.82) is 0 Å². The summed E-state index contributed by atoms with van der Waals surface area (Å²) in [5, 5.41) is 10.8. The van der Waals surface area contributed by atoms with E-state index in [0.717, 1.165) is 12.2 Å². The number of carbonyl (C=O) groups excluding carboxylic acids is 2. The van der Waals surface area contributed by atoms with Gasteiger partial charge in [-0.05, 0) is 13.0 Å². The molecule has 2 N–H and O–H groups in total. The SMILES string of the molecule is C[C@H](NC(=O)/C=C/C(=O)c1ccccc1)C(=O)O. The molecule has 5 nitrogen and oxygen atoms in total. The number of carboxylic acid groups (broad SMARTS) is 1. The van der Waals surface area contributed by atoms with Crippen molar-refractivity contribution in [1.82, 2.24) is 5.32 Å². The topological polar surface area (TPSA) is 83.5 Å². The summed E-state index contributed by atoms with van der Waals surface area (Å²) in [7, 11) is 0. The Hall–Kier alpha value is -2.43. The van der Waals surface area contributed by atoms with Crippen LogP contribution in [-0.4, -0.2) is 28.8 Å². The third-order valence-corrected chi connectivity index (χ3v) is 2.17. The van der Waals surface area contributed by atoms with Crippen LogP contribution in [0.3, 0.4) is 0 Å². The summed E-state index contributed by atoms with van der Waals surface area (Å²) in [6.45, 7) is 1.34. The van der Waals surface area contributed by atoms with Gasteiger partial charge in [-0.3, -0.25) is 14.4 Å². The van der Waals surface area contributed by atoms with Crippen molar-refractivity contribution in [3.05, 3.63) is 48.0 Å². The van der Waals surface area contributed by atoms with Gasteiger partial charge in [-0.25, -0.2) is 0 Å². The molecular formula is C13H13NO4. The zero-order valence-corrected chi connectivity index (χ0v) is 9.79. The summed E-state index contributed by atoms with van der Waals surface area (Å²) in [4.78, 5) is 33.4. The Morgan fingerprint density at radius 3 is 2.33 bits per heavy atom. The van der Waals surface area contributed by atoms with E-state index in [9.17, 15) is 14.4 Å². The molecule has 0 aliphatic carbocycles. The average molecular weight is 247 g/mol. The van der Waals surface area contributed by atoms with Crippen molar-refractivity contribution in [2.45, 2.75) is 13.0 Å². The van der Waals surface area contributed by atoms with E-state index in [0.29, 0.717) is 5.56 Å². The van der Waals surface area contributed by atoms with Crippen LogP contribution in [-0.2, 0) is 9.59 Å². The maximum atomic E-state index is 11.6. The van der Waals surface area contributed by atoms with Crippen LogP contribution >= 0.6 is 0 Å². The van der Waals surface area contributed by atoms with Crippen molar-refractivity contribution in [3.63, 3.8) is 0 Å². The van der Waals surface area contributed by atoms with E-state index < -0.39 is 17.9 Å². The quantitative estimate of drug-likeness (QED) is 0.601. The first kappa shape index (κ1) is 13.6. The van der Waals surface area contributed by atoms with Crippen LogP contribution in [0.25, 0.3) is 0 Å². The predicted molar refractivity (Wildman–Crippen MR) is 65.2 cm³/mol.